The van der Waals surface area contributed by atoms with E-state index >= 15 is 0 Å². The van der Waals surface area contributed by atoms with Gasteiger partial charge >= 0.3 is 0 Å². The number of nitrogens with two attached hydrogens (primary N) is 1. The maximum absolute atomic E-state index is 9.30. The Morgan fingerprint density at radius 2 is 2.18 bits per heavy atom. The lowest BCUT2D eigenvalue weighted by Crippen LogP contribution is -2.38. The van der Waals surface area contributed by atoms with Gasteiger partial charge in [0.1, 0.15) is 0 Å². The van der Waals surface area contributed by atoms with E-state index in [1.807, 2.05) is 13.8 Å². The van der Waals surface area contributed by atoms with Crippen molar-refractivity contribution < 1.29 is 5.11 Å². The third-order valence-electron chi connectivity index (χ3n) is 1.50. The maximum atomic E-state index is 9.30. The van der Waals surface area contributed by atoms with E-state index in [9.17, 15) is 5.11 Å². The predicted molar refractivity (Wildman–Crippen MR) is 46.4 cm³/mol. The van der Waals surface area contributed by atoms with Crippen LogP contribution in [0.1, 0.15) is 13.8 Å². The van der Waals surface area contributed by atoms with Gasteiger partial charge in [0.2, 0.25) is 0 Å². The molecule has 66 valence electrons. The van der Waals surface area contributed by atoms with Crippen LogP contribution in [0, 0.1) is 5.92 Å². The highest BCUT2D eigenvalue weighted by atomic mass is 16.3. The lowest BCUT2D eigenvalue weighted by atomic mass is 10.1. The van der Waals surface area contributed by atoms with Gasteiger partial charge in [-0.2, -0.15) is 0 Å². The molecule has 0 rings (SSSR count). The molecule has 0 saturated carbocycles. The van der Waals surface area contributed by atoms with Crippen LogP contribution in [0.25, 0.3) is 0 Å². The number of aliphatic imine (C=N–C) groups is 1. The largest absolute Gasteiger partial charge is 0.391 e. The molecule has 4 heteroatoms. The molecule has 0 aliphatic carbocycles. The van der Waals surface area contributed by atoms with Gasteiger partial charge in [-0.3, -0.25) is 4.99 Å². The zero-order valence-corrected chi connectivity index (χ0v) is 7.33. The van der Waals surface area contributed by atoms with E-state index in [0.29, 0.717) is 12.5 Å². The van der Waals surface area contributed by atoms with Gasteiger partial charge in [0.05, 0.1) is 6.10 Å². The van der Waals surface area contributed by atoms with Gasteiger partial charge in [-0.15, -0.1) is 0 Å². The number of guanidine groups is 1. The number of aliphatic hydroxyl groups excluding tert-OH is 1. The van der Waals surface area contributed by atoms with Crippen LogP contribution in [0.15, 0.2) is 4.99 Å². The molecule has 0 aromatic heterocycles. The Morgan fingerprint density at radius 1 is 1.64 bits per heavy atom. The summed E-state index contributed by atoms with van der Waals surface area (Å²) >= 11 is 0. The smallest absolute Gasteiger partial charge is 0.188 e. The first-order chi connectivity index (χ1) is 5.07. The summed E-state index contributed by atoms with van der Waals surface area (Å²) in [5.74, 6) is 0.608. The quantitative estimate of drug-likeness (QED) is 0.385. The second-order valence-electron chi connectivity index (χ2n) is 2.80. The minimum absolute atomic E-state index is 0.243. The standard InChI is InChI=1S/C7H17N3O/c1-5(2)6(11)4-10-7(8)9-3/h5-6,11H,4H2,1-3H3,(H3,8,9,10). The second kappa shape index (κ2) is 4.96. The van der Waals surface area contributed by atoms with Crippen molar-refractivity contribution in [3.63, 3.8) is 0 Å². The fourth-order valence-electron chi connectivity index (χ4n) is 0.524. The van der Waals surface area contributed by atoms with Crippen molar-refractivity contribution in [2.75, 3.05) is 13.6 Å². The fourth-order valence-corrected chi connectivity index (χ4v) is 0.524. The monoisotopic (exact) mass is 159 g/mol. The molecule has 0 aliphatic heterocycles. The first-order valence-electron chi connectivity index (χ1n) is 3.72. The van der Waals surface area contributed by atoms with E-state index in [0.717, 1.165) is 0 Å². The van der Waals surface area contributed by atoms with Crippen molar-refractivity contribution >= 4 is 5.96 Å². The summed E-state index contributed by atoms with van der Waals surface area (Å²) in [5.41, 5.74) is 5.35. The second-order valence-corrected chi connectivity index (χ2v) is 2.80. The van der Waals surface area contributed by atoms with E-state index in [4.69, 9.17) is 5.73 Å². The Kier molecular flexibility index (Phi) is 4.61. The highest BCUT2D eigenvalue weighted by Gasteiger charge is 2.07. The average molecular weight is 159 g/mol. The zero-order chi connectivity index (χ0) is 8.85. The van der Waals surface area contributed by atoms with E-state index in [1.54, 1.807) is 7.05 Å². The van der Waals surface area contributed by atoms with Crippen LogP contribution in [-0.4, -0.2) is 30.8 Å². The van der Waals surface area contributed by atoms with E-state index in [1.165, 1.54) is 0 Å². The van der Waals surface area contributed by atoms with Crippen LogP contribution >= 0.6 is 0 Å². The Labute approximate surface area is 67.5 Å². The summed E-state index contributed by atoms with van der Waals surface area (Å²) in [6.07, 6.45) is -0.365. The van der Waals surface area contributed by atoms with Gasteiger partial charge in [-0.1, -0.05) is 13.8 Å². The molecule has 0 amide bonds. The molecule has 0 heterocycles. The minimum Gasteiger partial charge on any atom is -0.391 e. The lowest BCUT2D eigenvalue weighted by Gasteiger charge is -2.14. The number of aliphatic hydroxyl groups is 1. The van der Waals surface area contributed by atoms with Crippen molar-refractivity contribution in [1.29, 1.82) is 0 Å². The summed E-state index contributed by atoms with van der Waals surface area (Å²) in [6, 6.07) is 0. The number of nitrogens with one attached hydrogen (secondary N) is 1. The van der Waals surface area contributed by atoms with Crippen LogP contribution in [0.3, 0.4) is 0 Å². The molecule has 0 bridgehead atoms. The van der Waals surface area contributed by atoms with Crippen molar-refractivity contribution in [2.45, 2.75) is 20.0 Å². The van der Waals surface area contributed by atoms with Crippen molar-refractivity contribution in [2.24, 2.45) is 16.6 Å². The molecule has 0 aromatic rings. The molecule has 11 heavy (non-hydrogen) atoms. The van der Waals surface area contributed by atoms with Gasteiger partial charge in [-0.25, -0.2) is 0 Å². The normalized spacial score (nSPS) is 15.2. The number of nitrogens with zero attached hydrogens (tertiary/aromatic N) is 1. The molecule has 0 fully saturated rings. The van der Waals surface area contributed by atoms with E-state index in [-0.39, 0.29) is 12.0 Å². The number of hydrogen-bond donors (Lipinski definition) is 3. The molecular formula is C7H17N3O. The summed E-state index contributed by atoms with van der Waals surface area (Å²) in [6.45, 7) is 4.36. The molecule has 4 nitrogen and oxygen atoms in total. The van der Waals surface area contributed by atoms with Gasteiger partial charge in [0, 0.05) is 13.6 Å². The predicted octanol–water partition coefficient (Wildman–Crippen LogP) is -0.463. The average Bonchev–Trinajstić information content (AvgIpc) is 1.99. The Hall–Kier alpha value is -0.770. The van der Waals surface area contributed by atoms with Crippen LogP contribution < -0.4 is 11.1 Å². The topological polar surface area (TPSA) is 70.6 Å². The molecule has 4 N–H and O–H groups in total. The molecule has 0 radical (unpaired) electrons. The molecule has 0 saturated heterocycles. The minimum atomic E-state index is -0.365. The van der Waals surface area contributed by atoms with Gasteiger partial charge in [0.15, 0.2) is 5.96 Å². The first kappa shape index (κ1) is 10.2. The third kappa shape index (κ3) is 4.61. The van der Waals surface area contributed by atoms with Gasteiger partial charge < -0.3 is 16.2 Å². The number of rotatable bonds is 3. The lowest BCUT2D eigenvalue weighted by molar-refractivity contribution is 0.129. The molecule has 1 atom stereocenters. The van der Waals surface area contributed by atoms with Crippen molar-refractivity contribution in [1.82, 2.24) is 5.32 Å². The molecular weight excluding hydrogens is 142 g/mol. The fraction of sp³-hybridized carbons (Fsp3) is 0.857. The number of hydrogen-bond acceptors (Lipinski definition) is 2. The van der Waals surface area contributed by atoms with Crippen molar-refractivity contribution in [3.05, 3.63) is 0 Å². The molecule has 0 aromatic carbocycles. The Morgan fingerprint density at radius 3 is 2.55 bits per heavy atom. The van der Waals surface area contributed by atoms with Crippen LogP contribution in [-0.2, 0) is 0 Å². The van der Waals surface area contributed by atoms with E-state index < -0.39 is 0 Å². The Bertz CT molecular complexity index is 134. The Balaban J connectivity index is 3.54. The summed E-state index contributed by atoms with van der Waals surface area (Å²) in [4.78, 5) is 3.69. The first-order valence-corrected chi connectivity index (χ1v) is 3.72. The van der Waals surface area contributed by atoms with Crippen LogP contribution in [0.5, 0.6) is 0 Å². The zero-order valence-electron chi connectivity index (χ0n) is 7.33. The van der Waals surface area contributed by atoms with Crippen LogP contribution in [0.4, 0.5) is 0 Å². The summed E-state index contributed by atoms with van der Waals surface area (Å²) in [5, 5.41) is 12.1. The summed E-state index contributed by atoms with van der Waals surface area (Å²) in [7, 11) is 1.60. The van der Waals surface area contributed by atoms with Gasteiger partial charge in [-0.05, 0) is 5.92 Å². The maximum Gasteiger partial charge on any atom is 0.188 e. The van der Waals surface area contributed by atoms with Crippen LogP contribution in [0.2, 0.25) is 0 Å². The third-order valence-corrected chi connectivity index (χ3v) is 1.50. The highest BCUT2D eigenvalue weighted by Crippen LogP contribution is 1.98. The van der Waals surface area contributed by atoms with E-state index in [2.05, 4.69) is 10.3 Å². The van der Waals surface area contributed by atoms with Gasteiger partial charge in [0.25, 0.3) is 0 Å². The summed E-state index contributed by atoms with van der Waals surface area (Å²) < 4.78 is 0. The SMILES string of the molecule is CN=C(N)NCC(O)C(C)C. The molecule has 0 aliphatic rings. The molecule has 1 unspecified atom stereocenters. The highest BCUT2D eigenvalue weighted by molar-refractivity contribution is 5.77. The molecule has 0 spiro atoms. The van der Waals surface area contributed by atoms with Crippen molar-refractivity contribution in [3.8, 4) is 0 Å².